The Morgan fingerprint density at radius 3 is 1.78 bits per heavy atom. The summed E-state index contributed by atoms with van der Waals surface area (Å²) in [6, 6.07) is 18.1. The van der Waals surface area contributed by atoms with Gasteiger partial charge >= 0.3 is 0 Å². The van der Waals surface area contributed by atoms with E-state index in [1.807, 2.05) is 0 Å². The zero-order valence-electron chi connectivity index (χ0n) is 15.1. The molecule has 0 saturated heterocycles. The zero-order chi connectivity index (χ0) is 16.7. The Morgan fingerprint density at radius 2 is 1.30 bits per heavy atom. The predicted octanol–water partition coefficient (Wildman–Crippen LogP) is 3.06. The van der Waals surface area contributed by atoms with Gasteiger partial charge in [0.2, 0.25) is 0 Å². The standard InChI is InChI=1S/C20H29N2Si/c1-22(2,3)16-10-15-21-17-11-6-8-13-19(17)23(4,5)20-14-9-7-12-18(20)21/h6-9,11-14H,10,15-16H2,1-5H3/q+1. The Bertz CT molecular complexity index is 651. The molecule has 0 unspecified atom stereocenters. The molecule has 3 rings (SSSR count). The third kappa shape index (κ3) is 3.08. The molecule has 0 fully saturated rings. The van der Waals surface area contributed by atoms with Crippen molar-refractivity contribution in [3.8, 4) is 0 Å². The minimum Gasteiger partial charge on any atom is -0.341 e. The zero-order valence-corrected chi connectivity index (χ0v) is 16.1. The summed E-state index contributed by atoms with van der Waals surface area (Å²) in [5, 5.41) is 3.15. The number of benzene rings is 2. The van der Waals surface area contributed by atoms with Gasteiger partial charge in [0, 0.05) is 24.3 Å². The first-order valence-electron chi connectivity index (χ1n) is 8.58. The van der Waals surface area contributed by atoms with Crippen LogP contribution in [-0.2, 0) is 0 Å². The molecule has 1 aliphatic heterocycles. The Morgan fingerprint density at radius 1 is 0.826 bits per heavy atom. The van der Waals surface area contributed by atoms with Gasteiger partial charge in [0.15, 0.2) is 0 Å². The van der Waals surface area contributed by atoms with Gasteiger partial charge in [-0.1, -0.05) is 49.5 Å². The lowest BCUT2D eigenvalue weighted by Gasteiger charge is -2.41. The van der Waals surface area contributed by atoms with Crippen LogP contribution in [0.1, 0.15) is 6.42 Å². The number of rotatable bonds is 4. The Hall–Kier alpha value is -1.58. The van der Waals surface area contributed by atoms with Crippen LogP contribution in [0, 0.1) is 0 Å². The molecule has 1 aliphatic rings. The highest BCUT2D eigenvalue weighted by Crippen LogP contribution is 2.31. The summed E-state index contributed by atoms with van der Waals surface area (Å²) in [5.74, 6) is 0. The molecule has 0 aromatic heterocycles. The van der Waals surface area contributed by atoms with Crippen LogP contribution in [-0.4, -0.2) is 46.8 Å². The molecule has 0 N–H and O–H groups in total. The highest BCUT2D eigenvalue weighted by molar-refractivity contribution is 7.02. The molecule has 0 spiro atoms. The molecular formula is C20H29N2Si+. The molecule has 1 heterocycles. The highest BCUT2D eigenvalue weighted by atomic mass is 28.3. The number of anilines is 2. The van der Waals surface area contributed by atoms with Gasteiger partial charge in [0.1, 0.15) is 8.07 Å². The molecule has 0 aliphatic carbocycles. The number of para-hydroxylation sites is 2. The van der Waals surface area contributed by atoms with Gasteiger partial charge in [-0.25, -0.2) is 0 Å². The third-order valence-corrected chi connectivity index (χ3v) is 8.49. The summed E-state index contributed by atoms with van der Waals surface area (Å²) in [5.41, 5.74) is 2.87. The van der Waals surface area contributed by atoms with Gasteiger partial charge in [-0.05, 0) is 22.5 Å². The maximum atomic E-state index is 2.55. The lowest BCUT2D eigenvalue weighted by Crippen LogP contribution is -2.59. The number of hydrogen-bond acceptors (Lipinski definition) is 1. The van der Waals surface area contributed by atoms with Crippen molar-refractivity contribution in [1.82, 2.24) is 0 Å². The van der Waals surface area contributed by atoms with Crippen LogP contribution in [0.3, 0.4) is 0 Å². The molecule has 2 aromatic rings. The molecule has 122 valence electrons. The van der Waals surface area contributed by atoms with E-state index < -0.39 is 8.07 Å². The average molecular weight is 326 g/mol. The molecule has 3 heteroatoms. The molecule has 2 nitrogen and oxygen atoms in total. The van der Waals surface area contributed by atoms with Crippen LogP contribution < -0.4 is 15.3 Å². The monoisotopic (exact) mass is 325 g/mol. The fraction of sp³-hybridized carbons (Fsp3) is 0.400. The van der Waals surface area contributed by atoms with Crippen molar-refractivity contribution in [3.63, 3.8) is 0 Å². The van der Waals surface area contributed by atoms with Crippen molar-refractivity contribution in [1.29, 1.82) is 0 Å². The first-order chi connectivity index (χ1) is 10.8. The van der Waals surface area contributed by atoms with E-state index in [0.29, 0.717) is 0 Å². The number of quaternary nitrogens is 1. The van der Waals surface area contributed by atoms with E-state index in [2.05, 4.69) is 87.7 Å². The van der Waals surface area contributed by atoms with Crippen molar-refractivity contribution in [2.45, 2.75) is 19.5 Å². The fourth-order valence-electron chi connectivity index (χ4n) is 3.69. The minimum absolute atomic E-state index is 1.03. The smallest absolute Gasteiger partial charge is 0.117 e. The third-order valence-electron chi connectivity index (χ3n) is 4.95. The molecule has 2 aromatic carbocycles. The maximum Gasteiger partial charge on any atom is 0.117 e. The fourth-order valence-corrected chi connectivity index (χ4v) is 6.73. The van der Waals surface area contributed by atoms with E-state index in [9.17, 15) is 0 Å². The molecule has 0 atom stereocenters. The van der Waals surface area contributed by atoms with E-state index in [1.165, 1.54) is 24.3 Å². The van der Waals surface area contributed by atoms with E-state index >= 15 is 0 Å². The Kier molecular flexibility index (Phi) is 4.11. The van der Waals surface area contributed by atoms with Crippen LogP contribution in [0.5, 0.6) is 0 Å². The van der Waals surface area contributed by atoms with Gasteiger partial charge in [0.25, 0.3) is 0 Å². The van der Waals surface area contributed by atoms with Crippen molar-refractivity contribution >= 4 is 29.8 Å². The van der Waals surface area contributed by atoms with Gasteiger partial charge in [-0.15, -0.1) is 0 Å². The predicted molar refractivity (Wildman–Crippen MR) is 104 cm³/mol. The highest BCUT2D eigenvalue weighted by Gasteiger charge is 2.37. The van der Waals surface area contributed by atoms with Gasteiger partial charge in [-0.3, -0.25) is 0 Å². The van der Waals surface area contributed by atoms with Crippen LogP contribution >= 0.6 is 0 Å². The number of hydrogen-bond donors (Lipinski definition) is 0. The SMILES string of the molecule is C[N+](C)(C)CCCN1c2ccccc2[Si](C)(C)c2ccccc21. The first-order valence-corrected chi connectivity index (χ1v) is 11.6. The summed E-state index contributed by atoms with van der Waals surface area (Å²) in [7, 11) is 5.22. The van der Waals surface area contributed by atoms with E-state index in [0.717, 1.165) is 11.0 Å². The quantitative estimate of drug-likeness (QED) is 0.617. The first kappa shape index (κ1) is 16.3. The van der Waals surface area contributed by atoms with Crippen molar-refractivity contribution in [2.75, 3.05) is 39.1 Å². The molecule has 0 saturated carbocycles. The largest absolute Gasteiger partial charge is 0.341 e. The van der Waals surface area contributed by atoms with Crippen LogP contribution in [0.4, 0.5) is 11.4 Å². The summed E-state index contributed by atoms with van der Waals surface area (Å²) in [4.78, 5) is 2.55. The van der Waals surface area contributed by atoms with Gasteiger partial charge in [-0.2, -0.15) is 0 Å². The van der Waals surface area contributed by atoms with E-state index in [1.54, 1.807) is 10.4 Å². The average Bonchev–Trinajstić information content (AvgIpc) is 2.50. The topological polar surface area (TPSA) is 3.24 Å². The molecule has 0 amide bonds. The second-order valence-corrected chi connectivity index (χ2v) is 12.5. The lowest BCUT2D eigenvalue weighted by atomic mass is 10.2. The lowest BCUT2D eigenvalue weighted by molar-refractivity contribution is -0.870. The Labute approximate surface area is 142 Å². The molecule has 0 radical (unpaired) electrons. The van der Waals surface area contributed by atoms with Crippen LogP contribution in [0.15, 0.2) is 48.5 Å². The second kappa shape index (κ2) is 5.80. The number of nitrogens with zero attached hydrogens (tertiary/aromatic N) is 2. The summed E-state index contributed by atoms with van der Waals surface area (Å²) in [6.45, 7) is 7.25. The number of fused-ring (bicyclic) bond motifs is 2. The van der Waals surface area contributed by atoms with Crippen molar-refractivity contribution in [3.05, 3.63) is 48.5 Å². The Balaban J connectivity index is 2.00. The summed E-state index contributed by atoms with van der Waals surface area (Å²) >= 11 is 0. The van der Waals surface area contributed by atoms with E-state index in [-0.39, 0.29) is 0 Å². The summed E-state index contributed by atoms with van der Waals surface area (Å²) < 4.78 is 1.03. The van der Waals surface area contributed by atoms with Crippen molar-refractivity contribution < 1.29 is 4.48 Å². The van der Waals surface area contributed by atoms with Crippen LogP contribution in [0.25, 0.3) is 0 Å². The van der Waals surface area contributed by atoms with Gasteiger partial charge < -0.3 is 9.38 Å². The second-order valence-electron chi connectivity index (χ2n) is 8.18. The minimum atomic E-state index is -1.60. The molecule has 23 heavy (non-hydrogen) atoms. The molecule has 0 bridgehead atoms. The van der Waals surface area contributed by atoms with Crippen molar-refractivity contribution in [2.24, 2.45) is 0 Å². The normalized spacial score (nSPS) is 16.0. The van der Waals surface area contributed by atoms with Gasteiger partial charge in [0.05, 0.1) is 27.7 Å². The molecular weight excluding hydrogens is 296 g/mol. The van der Waals surface area contributed by atoms with Crippen LogP contribution in [0.2, 0.25) is 13.1 Å². The summed E-state index contributed by atoms with van der Waals surface area (Å²) in [6.07, 6.45) is 1.20. The maximum absolute atomic E-state index is 2.55. The van der Waals surface area contributed by atoms with E-state index in [4.69, 9.17) is 0 Å².